The maximum atomic E-state index is 12.2. The van der Waals surface area contributed by atoms with Gasteiger partial charge in [0.15, 0.2) is 0 Å². The zero-order valence-electron chi connectivity index (χ0n) is 22.6. The van der Waals surface area contributed by atoms with E-state index >= 15 is 0 Å². The smallest absolute Gasteiger partial charge is 1.00 e. The number of hydrogen-bond donors (Lipinski definition) is 0. The molecule has 0 fully saturated rings. The van der Waals surface area contributed by atoms with E-state index in [9.17, 15) is 14.4 Å². The second-order valence-corrected chi connectivity index (χ2v) is 7.71. The monoisotopic (exact) mass is 478 g/mol. The molecule has 2 atom stereocenters. The predicted octanol–water partition coefficient (Wildman–Crippen LogP) is 1.20. The van der Waals surface area contributed by atoms with Crippen molar-refractivity contribution in [3.8, 4) is 0 Å². The third kappa shape index (κ3) is 19.4. The van der Waals surface area contributed by atoms with Crippen LogP contribution in [-0.4, -0.2) is 18.1 Å². The van der Waals surface area contributed by atoms with Gasteiger partial charge >= 0.3 is 121 Å². The van der Waals surface area contributed by atoms with Crippen LogP contribution in [0.25, 0.3) is 0 Å². The van der Waals surface area contributed by atoms with Gasteiger partial charge in [-0.15, -0.1) is 0 Å². The van der Waals surface area contributed by atoms with Gasteiger partial charge < -0.3 is 12.3 Å². The number of ether oxygens (including phenoxy) is 2. The second-order valence-electron chi connectivity index (χ2n) is 7.71. The van der Waals surface area contributed by atoms with Crippen molar-refractivity contribution in [1.82, 2.24) is 0 Å². The van der Waals surface area contributed by atoms with Crippen molar-refractivity contribution in [2.75, 3.05) is 0 Å². The molecule has 0 aromatic carbocycles. The van der Waals surface area contributed by atoms with Crippen LogP contribution < -0.4 is 103 Å². The summed E-state index contributed by atoms with van der Waals surface area (Å²) in [6, 6.07) is 0. The van der Waals surface area contributed by atoms with E-state index < -0.39 is 18.1 Å². The number of carbonyl (C=O) groups excluding carboxylic acids is 3. The molecule has 0 N–H and O–H groups in total. The Morgan fingerprint density at radius 2 is 0.933 bits per heavy atom. The van der Waals surface area contributed by atoms with Crippen molar-refractivity contribution in [1.29, 1.82) is 0 Å². The Hall–Kier alpha value is 1.88. The van der Waals surface area contributed by atoms with E-state index in [0.29, 0.717) is 25.7 Å². The van der Waals surface area contributed by atoms with Gasteiger partial charge in [0, 0.05) is 0 Å². The van der Waals surface area contributed by atoms with Crippen LogP contribution in [0, 0.1) is 11.8 Å². The molecule has 0 aliphatic rings. The zero-order valence-corrected chi connectivity index (χ0v) is 26.8. The minimum absolute atomic E-state index is 0. The van der Waals surface area contributed by atoms with Crippen LogP contribution >= 0.6 is 0 Å². The number of rotatable bonds is 16. The van der Waals surface area contributed by atoms with Gasteiger partial charge in [0.2, 0.25) is 0 Å². The van der Waals surface area contributed by atoms with Crippen LogP contribution in [0.5, 0.6) is 0 Å². The minimum Gasteiger partial charge on any atom is -1.00 e. The van der Waals surface area contributed by atoms with Crippen LogP contribution in [0.4, 0.5) is 4.79 Å². The third-order valence-corrected chi connectivity index (χ3v) is 5.33. The first-order chi connectivity index (χ1) is 13.5. The Morgan fingerprint density at radius 3 is 1.23 bits per heavy atom. The summed E-state index contributed by atoms with van der Waals surface area (Å²) >= 11 is 0. The fourth-order valence-electron chi connectivity index (χ4n) is 3.32. The zero-order chi connectivity index (χ0) is 21.2. The molecular weight excluding hydrogens is 434 g/mol. The minimum atomic E-state index is -1.18. The average Bonchev–Trinajstić information content (AvgIpc) is 2.67. The summed E-state index contributed by atoms with van der Waals surface area (Å²) in [5, 5.41) is 0. The first-order valence-electron chi connectivity index (χ1n) is 11.5. The van der Waals surface area contributed by atoms with Gasteiger partial charge in [0.05, 0.1) is 11.8 Å². The van der Waals surface area contributed by atoms with Gasteiger partial charge in [-0.05, 0) is 25.7 Å². The van der Waals surface area contributed by atoms with Gasteiger partial charge in [-0.25, -0.2) is 4.79 Å². The molecule has 0 aliphatic heterocycles. The van der Waals surface area contributed by atoms with Crippen LogP contribution in [0.2, 0.25) is 0 Å². The molecule has 0 saturated heterocycles. The summed E-state index contributed by atoms with van der Waals surface area (Å²) in [4.78, 5) is 36.2. The molecule has 0 saturated carbocycles. The number of esters is 2. The SMILES string of the molecule is CCCCCCCC(CC)C(=O)OC(=O)OC(=O)C(CC)CCCCCCC.[H-].[H-].[K+].[K+]. The fourth-order valence-corrected chi connectivity index (χ4v) is 3.32. The molecule has 30 heavy (non-hydrogen) atoms. The molecule has 168 valence electrons. The Labute approximate surface area is 272 Å². The van der Waals surface area contributed by atoms with Crippen LogP contribution in [-0.2, 0) is 19.1 Å². The summed E-state index contributed by atoms with van der Waals surface area (Å²) in [6.07, 6.45) is 12.6. The quantitative estimate of drug-likeness (QED) is 0.144. The fraction of sp³-hybridized carbons (Fsp3) is 0.870. The third-order valence-electron chi connectivity index (χ3n) is 5.33. The van der Waals surface area contributed by atoms with E-state index in [4.69, 9.17) is 9.47 Å². The summed E-state index contributed by atoms with van der Waals surface area (Å²) in [7, 11) is 0. The molecule has 0 aromatic rings. The van der Waals surface area contributed by atoms with Crippen molar-refractivity contribution in [3.63, 3.8) is 0 Å². The van der Waals surface area contributed by atoms with Crippen molar-refractivity contribution in [2.45, 2.75) is 118 Å². The molecule has 0 spiro atoms. The van der Waals surface area contributed by atoms with E-state index in [0.717, 1.165) is 38.5 Å². The van der Waals surface area contributed by atoms with Crippen LogP contribution in [0.1, 0.15) is 120 Å². The maximum Gasteiger partial charge on any atom is 1.00 e. The van der Waals surface area contributed by atoms with E-state index in [1.54, 1.807) is 0 Å². The molecule has 0 heterocycles. The second kappa shape index (κ2) is 25.5. The molecule has 7 heteroatoms. The number of hydrogen-bond acceptors (Lipinski definition) is 5. The molecule has 0 bridgehead atoms. The Morgan fingerprint density at radius 1 is 0.600 bits per heavy atom. The van der Waals surface area contributed by atoms with E-state index in [1.165, 1.54) is 25.7 Å². The molecule has 0 aromatic heterocycles. The number of carbonyl (C=O) groups is 3. The first kappa shape index (κ1) is 36.5. The van der Waals surface area contributed by atoms with Gasteiger partial charge in [-0.1, -0.05) is 91.9 Å². The molecule has 0 amide bonds. The summed E-state index contributed by atoms with van der Waals surface area (Å²) in [5.41, 5.74) is 0. The Kier molecular flexibility index (Phi) is 31.0. The van der Waals surface area contributed by atoms with Crippen molar-refractivity contribution < 1.29 is 129 Å². The standard InChI is InChI=1S/C23H42O5.2K.2H/c1-5-9-11-13-15-17-19(7-3)21(24)27-23(26)28-22(25)20(8-4)18-16-14-12-10-6-2;;;;/h19-20H,5-18H2,1-4H3;;;;/q;2*+1;2*-1. The summed E-state index contributed by atoms with van der Waals surface area (Å²) < 4.78 is 9.57. The van der Waals surface area contributed by atoms with Gasteiger partial charge in [0.25, 0.3) is 0 Å². The van der Waals surface area contributed by atoms with Crippen molar-refractivity contribution in [2.24, 2.45) is 11.8 Å². The van der Waals surface area contributed by atoms with Crippen LogP contribution in [0.15, 0.2) is 0 Å². The Bertz CT molecular complexity index is 416. The largest absolute Gasteiger partial charge is 1.00 e. The van der Waals surface area contributed by atoms with Crippen molar-refractivity contribution >= 4 is 18.1 Å². The topological polar surface area (TPSA) is 69.7 Å². The molecule has 2 unspecified atom stereocenters. The summed E-state index contributed by atoms with van der Waals surface area (Å²) in [6.45, 7) is 8.13. The van der Waals surface area contributed by atoms with Crippen LogP contribution in [0.3, 0.4) is 0 Å². The Balaban J connectivity index is -0.000000607. The average molecular weight is 479 g/mol. The maximum absolute atomic E-state index is 12.2. The van der Waals surface area contributed by atoms with E-state index in [1.807, 2.05) is 13.8 Å². The van der Waals surface area contributed by atoms with E-state index in [2.05, 4.69) is 13.8 Å². The molecule has 0 radical (unpaired) electrons. The van der Waals surface area contributed by atoms with Crippen molar-refractivity contribution in [3.05, 3.63) is 0 Å². The molecule has 0 rings (SSSR count). The van der Waals surface area contributed by atoms with Gasteiger partial charge in [-0.2, -0.15) is 0 Å². The summed E-state index contributed by atoms with van der Waals surface area (Å²) in [5.74, 6) is -1.79. The van der Waals surface area contributed by atoms with Gasteiger partial charge in [-0.3, -0.25) is 9.59 Å². The molecule has 5 nitrogen and oxygen atoms in total. The van der Waals surface area contributed by atoms with E-state index in [-0.39, 0.29) is 117 Å². The number of unbranched alkanes of at least 4 members (excludes halogenated alkanes) is 8. The normalized spacial score (nSPS) is 12.1. The van der Waals surface area contributed by atoms with Gasteiger partial charge in [0.1, 0.15) is 0 Å². The molecular formula is C23H44K2O5. The first-order valence-corrected chi connectivity index (χ1v) is 11.5. The molecule has 0 aliphatic carbocycles. The predicted molar refractivity (Wildman–Crippen MR) is 114 cm³/mol.